The molecule has 0 aromatic heterocycles. The highest BCUT2D eigenvalue weighted by molar-refractivity contribution is 5.80. The highest BCUT2D eigenvalue weighted by Crippen LogP contribution is 2.20. The minimum atomic E-state index is -0.792. The van der Waals surface area contributed by atoms with Gasteiger partial charge in [0.05, 0.1) is 6.54 Å². The molecule has 3 nitrogen and oxygen atoms in total. The number of halogens is 1. The molecule has 1 atom stereocenters. The Morgan fingerprint density at radius 1 is 1.65 bits per heavy atom. The lowest BCUT2D eigenvalue weighted by Crippen LogP contribution is -2.36. The molecule has 0 aliphatic carbocycles. The van der Waals surface area contributed by atoms with E-state index in [1.165, 1.54) is 13.0 Å². The van der Waals surface area contributed by atoms with Crippen LogP contribution in [-0.4, -0.2) is 18.6 Å². The van der Waals surface area contributed by atoms with Crippen LogP contribution in [-0.2, 0) is 4.79 Å². The maximum atomic E-state index is 13.6. The largest absolute Gasteiger partial charge is 0.478 e. The highest BCUT2D eigenvalue weighted by atomic mass is 19.1. The molecule has 0 heterocycles. The molecular formula is C13H14FNO2. The summed E-state index contributed by atoms with van der Waals surface area (Å²) in [6.07, 6.45) is 4.22. The van der Waals surface area contributed by atoms with Crippen molar-refractivity contribution in [1.29, 1.82) is 0 Å². The Kier molecular flexibility index (Phi) is 4.53. The molecule has 0 aliphatic heterocycles. The molecule has 1 aromatic carbocycles. The zero-order valence-corrected chi connectivity index (χ0v) is 9.79. The average molecular weight is 235 g/mol. The van der Waals surface area contributed by atoms with Gasteiger partial charge >= 0.3 is 0 Å². The van der Waals surface area contributed by atoms with Crippen molar-refractivity contribution in [3.05, 3.63) is 29.6 Å². The summed E-state index contributed by atoms with van der Waals surface area (Å²) in [6.45, 7) is 3.29. The van der Waals surface area contributed by atoms with Gasteiger partial charge in [0, 0.05) is 0 Å². The summed E-state index contributed by atoms with van der Waals surface area (Å²) < 4.78 is 18.8. The van der Waals surface area contributed by atoms with Gasteiger partial charge in [0.2, 0.25) is 0 Å². The van der Waals surface area contributed by atoms with E-state index in [2.05, 4.69) is 11.2 Å². The maximum Gasteiger partial charge on any atom is 0.261 e. The van der Waals surface area contributed by atoms with Gasteiger partial charge in [0.1, 0.15) is 0 Å². The van der Waals surface area contributed by atoms with Gasteiger partial charge in [-0.1, -0.05) is 18.1 Å². The number of amides is 1. The Morgan fingerprint density at radius 3 is 3.00 bits per heavy atom. The fraction of sp³-hybridized carbons (Fsp3) is 0.308. The second-order valence-corrected chi connectivity index (χ2v) is 3.57. The van der Waals surface area contributed by atoms with E-state index in [0.29, 0.717) is 5.56 Å². The third kappa shape index (κ3) is 3.49. The maximum absolute atomic E-state index is 13.6. The van der Waals surface area contributed by atoms with E-state index in [4.69, 9.17) is 11.2 Å². The van der Waals surface area contributed by atoms with Gasteiger partial charge < -0.3 is 10.1 Å². The number of carbonyl (C=O) groups excluding carboxylic acids is 1. The van der Waals surface area contributed by atoms with Crippen LogP contribution in [0.25, 0.3) is 0 Å². The molecule has 0 fully saturated rings. The van der Waals surface area contributed by atoms with Crippen LogP contribution in [0.5, 0.6) is 5.75 Å². The Morgan fingerprint density at radius 2 is 2.35 bits per heavy atom. The van der Waals surface area contributed by atoms with E-state index in [-0.39, 0.29) is 18.2 Å². The molecule has 90 valence electrons. The molecule has 1 rings (SSSR count). The van der Waals surface area contributed by atoms with Crippen molar-refractivity contribution in [2.24, 2.45) is 0 Å². The minimum absolute atomic E-state index is 0.0633. The van der Waals surface area contributed by atoms with Gasteiger partial charge in [-0.2, -0.15) is 0 Å². The molecule has 0 saturated carbocycles. The van der Waals surface area contributed by atoms with Gasteiger partial charge in [-0.15, -0.1) is 6.42 Å². The molecule has 1 aromatic rings. The topological polar surface area (TPSA) is 38.3 Å². The summed E-state index contributed by atoms with van der Waals surface area (Å²) in [7, 11) is 0. The number of nitrogens with one attached hydrogen (secondary N) is 1. The SMILES string of the molecule is C#CCNC(=O)[C@@H](C)Oc1cccc(C)c1F. The molecule has 0 saturated heterocycles. The van der Waals surface area contributed by atoms with Crippen molar-refractivity contribution in [3.8, 4) is 18.1 Å². The third-order valence-electron chi connectivity index (χ3n) is 2.19. The summed E-state index contributed by atoms with van der Waals surface area (Å²) >= 11 is 0. The minimum Gasteiger partial charge on any atom is -0.478 e. The van der Waals surface area contributed by atoms with Crippen LogP contribution >= 0.6 is 0 Å². The Labute approximate surface area is 100.0 Å². The number of hydrogen-bond donors (Lipinski definition) is 1. The second kappa shape index (κ2) is 5.90. The number of ether oxygens (including phenoxy) is 1. The lowest BCUT2D eigenvalue weighted by atomic mass is 10.2. The van der Waals surface area contributed by atoms with Gasteiger partial charge in [0.25, 0.3) is 5.91 Å². The van der Waals surface area contributed by atoms with Crippen molar-refractivity contribution in [3.63, 3.8) is 0 Å². The summed E-state index contributed by atoms with van der Waals surface area (Å²) in [4.78, 5) is 11.4. The number of benzene rings is 1. The molecule has 0 radical (unpaired) electrons. The molecule has 4 heteroatoms. The zero-order valence-electron chi connectivity index (χ0n) is 9.79. The standard InChI is InChI=1S/C13H14FNO2/c1-4-8-15-13(16)10(3)17-11-7-5-6-9(2)12(11)14/h1,5-7,10H,8H2,2-3H3,(H,15,16)/t10-/m1/s1. The van der Waals surface area contributed by atoms with E-state index in [1.54, 1.807) is 19.1 Å². The zero-order chi connectivity index (χ0) is 12.8. The highest BCUT2D eigenvalue weighted by Gasteiger charge is 2.16. The van der Waals surface area contributed by atoms with Crippen LogP contribution in [0.4, 0.5) is 4.39 Å². The quantitative estimate of drug-likeness (QED) is 0.806. The van der Waals surface area contributed by atoms with Gasteiger partial charge in [-0.3, -0.25) is 4.79 Å². The van der Waals surface area contributed by atoms with E-state index in [0.717, 1.165) is 0 Å². The molecule has 0 aliphatic rings. The number of hydrogen-bond acceptors (Lipinski definition) is 2. The van der Waals surface area contributed by atoms with Crippen molar-refractivity contribution >= 4 is 5.91 Å². The van der Waals surface area contributed by atoms with Gasteiger partial charge in [-0.05, 0) is 25.5 Å². The second-order valence-electron chi connectivity index (χ2n) is 3.57. The Hall–Kier alpha value is -2.02. The lowest BCUT2D eigenvalue weighted by Gasteiger charge is -2.14. The first-order valence-electron chi connectivity index (χ1n) is 5.19. The third-order valence-corrected chi connectivity index (χ3v) is 2.19. The van der Waals surface area contributed by atoms with Gasteiger partial charge in [0.15, 0.2) is 17.7 Å². The Balaban J connectivity index is 2.68. The molecule has 1 N–H and O–H groups in total. The predicted molar refractivity (Wildman–Crippen MR) is 63.1 cm³/mol. The lowest BCUT2D eigenvalue weighted by molar-refractivity contribution is -0.127. The van der Waals surface area contributed by atoms with Crippen molar-refractivity contribution < 1.29 is 13.9 Å². The number of aryl methyl sites for hydroxylation is 1. The molecule has 0 unspecified atom stereocenters. The van der Waals surface area contributed by atoms with Crippen LogP contribution in [0.3, 0.4) is 0 Å². The first kappa shape index (κ1) is 13.0. The van der Waals surface area contributed by atoms with Crippen LogP contribution in [0.2, 0.25) is 0 Å². The normalized spacial score (nSPS) is 11.4. The van der Waals surface area contributed by atoms with E-state index in [1.807, 2.05) is 0 Å². The first-order chi connectivity index (χ1) is 8.06. The van der Waals surface area contributed by atoms with E-state index < -0.39 is 11.9 Å². The summed E-state index contributed by atoms with van der Waals surface area (Å²) in [5, 5.41) is 2.46. The molecular weight excluding hydrogens is 221 g/mol. The fourth-order valence-electron chi connectivity index (χ4n) is 1.24. The molecule has 1 amide bonds. The number of carbonyl (C=O) groups is 1. The summed E-state index contributed by atoms with van der Waals surface area (Å²) in [5.74, 6) is 1.51. The van der Waals surface area contributed by atoms with Crippen molar-refractivity contribution in [2.45, 2.75) is 20.0 Å². The molecule has 0 bridgehead atoms. The van der Waals surface area contributed by atoms with Crippen LogP contribution < -0.4 is 10.1 Å². The van der Waals surface area contributed by atoms with Crippen LogP contribution in [0, 0.1) is 25.1 Å². The Bertz CT molecular complexity index is 451. The monoisotopic (exact) mass is 235 g/mol. The number of rotatable bonds is 4. The van der Waals surface area contributed by atoms with E-state index >= 15 is 0 Å². The number of terminal acetylenes is 1. The van der Waals surface area contributed by atoms with Crippen LogP contribution in [0.15, 0.2) is 18.2 Å². The van der Waals surface area contributed by atoms with Crippen molar-refractivity contribution in [1.82, 2.24) is 5.32 Å². The fourth-order valence-corrected chi connectivity index (χ4v) is 1.24. The van der Waals surface area contributed by atoms with Crippen molar-refractivity contribution in [2.75, 3.05) is 6.54 Å². The molecule has 17 heavy (non-hydrogen) atoms. The summed E-state index contributed by atoms with van der Waals surface area (Å²) in [5.41, 5.74) is 0.471. The summed E-state index contributed by atoms with van der Waals surface area (Å²) in [6, 6.07) is 4.78. The van der Waals surface area contributed by atoms with Gasteiger partial charge in [-0.25, -0.2) is 4.39 Å². The first-order valence-corrected chi connectivity index (χ1v) is 5.19. The molecule has 0 spiro atoms. The van der Waals surface area contributed by atoms with Crippen LogP contribution in [0.1, 0.15) is 12.5 Å². The smallest absolute Gasteiger partial charge is 0.261 e. The average Bonchev–Trinajstić information content (AvgIpc) is 2.31. The predicted octanol–water partition coefficient (Wildman–Crippen LogP) is 1.65. The van der Waals surface area contributed by atoms with E-state index in [9.17, 15) is 9.18 Å².